The van der Waals surface area contributed by atoms with E-state index in [2.05, 4.69) is 26.3 Å². The molecule has 1 saturated carbocycles. The van der Waals surface area contributed by atoms with Crippen molar-refractivity contribution in [3.63, 3.8) is 0 Å². The van der Waals surface area contributed by atoms with Crippen molar-refractivity contribution in [3.05, 3.63) is 46.1 Å². The Morgan fingerprint density at radius 2 is 2.12 bits per heavy atom. The van der Waals surface area contributed by atoms with Crippen LogP contribution in [0.5, 0.6) is 5.75 Å². The maximum Gasteiger partial charge on any atom is 0.312 e. The third-order valence-corrected chi connectivity index (χ3v) is 4.86. The molecule has 26 heavy (non-hydrogen) atoms. The minimum absolute atomic E-state index is 0.358. The molecule has 2 aliphatic rings. The monoisotopic (exact) mass is 353 g/mol. The van der Waals surface area contributed by atoms with Gasteiger partial charge in [-0.1, -0.05) is 25.0 Å². The molecule has 0 amide bonds. The zero-order valence-electron chi connectivity index (χ0n) is 14.1. The summed E-state index contributed by atoms with van der Waals surface area (Å²) in [7, 11) is 0. The fourth-order valence-corrected chi connectivity index (χ4v) is 3.58. The number of hydrogen-bond acceptors (Lipinski definition) is 7. The predicted octanol–water partition coefficient (Wildman–Crippen LogP) is 3.61. The topological polar surface area (TPSA) is 104 Å². The molecule has 1 aromatic carbocycles. The van der Waals surface area contributed by atoms with Crippen molar-refractivity contribution in [1.29, 1.82) is 0 Å². The van der Waals surface area contributed by atoms with Crippen LogP contribution in [0.15, 0.2) is 30.5 Å². The van der Waals surface area contributed by atoms with Crippen molar-refractivity contribution in [1.82, 2.24) is 9.97 Å². The molecule has 8 heteroatoms. The standard InChI is InChI=1S/C18H19N5O3/c24-16-8-7-13(10-15(16)23(25)26)20-18-19-11-12-4-3-9-22(17(12)21-18)14-5-1-2-6-14/h3-4,7-8,10-11,14,24H,1-2,5-6,9H2,(H,19,20,21). The highest BCUT2D eigenvalue weighted by atomic mass is 16.6. The minimum atomic E-state index is -0.624. The number of rotatable bonds is 4. The lowest BCUT2D eigenvalue weighted by Gasteiger charge is -2.32. The van der Waals surface area contributed by atoms with Gasteiger partial charge in [-0.25, -0.2) is 4.98 Å². The van der Waals surface area contributed by atoms with Gasteiger partial charge in [0.2, 0.25) is 5.95 Å². The number of fused-ring (bicyclic) bond motifs is 1. The van der Waals surface area contributed by atoms with Crippen molar-refractivity contribution in [2.75, 3.05) is 16.8 Å². The van der Waals surface area contributed by atoms with Gasteiger partial charge in [0, 0.05) is 36.1 Å². The quantitative estimate of drug-likeness (QED) is 0.491. The number of phenolic OH excluding ortho intramolecular Hbond substituents is 1. The molecule has 134 valence electrons. The molecule has 0 radical (unpaired) electrons. The highest BCUT2D eigenvalue weighted by Gasteiger charge is 2.26. The fourth-order valence-electron chi connectivity index (χ4n) is 3.58. The van der Waals surface area contributed by atoms with Crippen LogP contribution in [0, 0.1) is 10.1 Å². The Bertz CT molecular complexity index is 877. The van der Waals surface area contributed by atoms with E-state index in [1.165, 1.54) is 37.8 Å². The number of hydrogen-bond donors (Lipinski definition) is 2. The van der Waals surface area contributed by atoms with Crippen molar-refractivity contribution >= 4 is 29.2 Å². The Morgan fingerprint density at radius 3 is 2.88 bits per heavy atom. The molecule has 1 aliphatic carbocycles. The third kappa shape index (κ3) is 3.05. The molecule has 8 nitrogen and oxygen atoms in total. The maximum atomic E-state index is 11.0. The number of benzene rings is 1. The Morgan fingerprint density at radius 1 is 1.31 bits per heavy atom. The molecule has 2 N–H and O–H groups in total. The molecule has 4 rings (SSSR count). The fraction of sp³-hybridized carbons (Fsp3) is 0.333. The zero-order valence-corrected chi connectivity index (χ0v) is 14.1. The van der Waals surface area contributed by atoms with Gasteiger partial charge in [-0.05, 0) is 25.0 Å². The van der Waals surface area contributed by atoms with E-state index >= 15 is 0 Å². The first-order valence-corrected chi connectivity index (χ1v) is 8.66. The predicted molar refractivity (Wildman–Crippen MR) is 98.7 cm³/mol. The van der Waals surface area contributed by atoms with E-state index < -0.39 is 4.92 Å². The van der Waals surface area contributed by atoms with Crippen molar-refractivity contribution < 1.29 is 10.0 Å². The number of nitrogens with zero attached hydrogens (tertiary/aromatic N) is 4. The first-order chi connectivity index (χ1) is 12.6. The lowest BCUT2D eigenvalue weighted by Crippen LogP contribution is -2.36. The third-order valence-electron chi connectivity index (χ3n) is 4.86. The molecule has 2 aromatic rings. The molecular weight excluding hydrogens is 334 g/mol. The van der Waals surface area contributed by atoms with Gasteiger partial charge >= 0.3 is 5.69 Å². The first kappa shape index (κ1) is 16.3. The van der Waals surface area contributed by atoms with E-state index in [1.54, 1.807) is 12.3 Å². The van der Waals surface area contributed by atoms with E-state index in [4.69, 9.17) is 0 Å². The second-order valence-electron chi connectivity index (χ2n) is 6.55. The van der Waals surface area contributed by atoms with Gasteiger partial charge in [0.1, 0.15) is 5.82 Å². The van der Waals surface area contributed by atoms with E-state index in [9.17, 15) is 15.2 Å². The molecule has 0 spiro atoms. The highest BCUT2D eigenvalue weighted by Crippen LogP contribution is 2.33. The Kier molecular flexibility index (Phi) is 4.16. The van der Waals surface area contributed by atoms with Crippen molar-refractivity contribution in [2.45, 2.75) is 31.7 Å². The number of nitro benzene ring substituents is 1. The summed E-state index contributed by atoms with van der Waals surface area (Å²) in [5.74, 6) is 0.900. The van der Waals surface area contributed by atoms with Crippen molar-refractivity contribution in [3.8, 4) is 5.75 Å². The molecule has 1 aromatic heterocycles. The summed E-state index contributed by atoms with van der Waals surface area (Å²) < 4.78 is 0. The van der Waals surface area contributed by atoms with E-state index in [-0.39, 0.29) is 11.4 Å². The summed E-state index contributed by atoms with van der Waals surface area (Å²) in [6.45, 7) is 0.832. The van der Waals surface area contributed by atoms with Gasteiger partial charge < -0.3 is 15.3 Å². The van der Waals surface area contributed by atoms with Gasteiger partial charge in [0.25, 0.3) is 0 Å². The van der Waals surface area contributed by atoms with Gasteiger partial charge in [-0.2, -0.15) is 4.98 Å². The molecule has 1 aliphatic heterocycles. The summed E-state index contributed by atoms with van der Waals surface area (Å²) in [6.07, 6.45) is 10.7. The number of anilines is 3. The van der Waals surface area contributed by atoms with Crippen molar-refractivity contribution in [2.24, 2.45) is 0 Å². The average molecular weight is 353 g/mol. The SMILES string of the molecule is O=[N+]([O-])c1cc(Nc2ncc3c(n2)N(C2CCCC2)CC=C3)ccc1O. The van der Waals surface area contributed by atoms with Crippen LogP contribution in [-0.4, -0.2) is 32.6 Å². The van der Waals surface area contributed by atoms with Crippen LogP contribution in [-0.2, 0) is 0 Å². The second-order valence-corrected chi connectivity index (χ2v) is 6.55. The summed E-state index contributed by atoms with van der Waals surface area (Å²) in [5.41, 5.74) is 1.07. The zero-order chi connectivity index (χ0) is 18.1. The van der Waals surface area contributed by atoms with Crippen LogP contribution < -0.4 is 10.2 Å². The molecule has 0 saturated heterocycles. The molecular formula is C18H19N5O3. The van der Waals surface area contributed by atoms with E-state index in [0.29, 0.717) is 17.7 Å². The van der Waals surface area contributed by atoms with Crippen LogP contribution >= 0.6 is 0 Å². The smallest absolute Gasteiger partial charge is 0.312 e. The Balaban J connectivity index is 1.63. The number of aromatic hydroxyl groups is 1. The van der Waals surface area contributed by atoms with Crippen LogP contribution in [0.3, 0.4) is 0 Å². The number of aromatic nitrogens is 2. The summed E-state index contributed by atoms with van der Waals surface area (Å²) in [6, 6.07) is 4.61. The van der Waals surface area contributed by atoms with Crippen LogP contribution in [0.4, 0.5) is 23.1 Å². The van der Waals surface area contributed by atoms with Crippen LogP contribution in [0.1, 0.15) is 31.2 Å². The molecule has 0 atom stereocenters. The summed E-state index contributed by atoms with van der Waals surface area (Å²) >= 11 is 0. The van der Waals surface area contributed by atoms with Crippen LogP contribution in [0.2, 0.25) is 0 Å². The number of phenols is 1. The van der Waals surface area contributed by atoms with Gasteiger partial charge in [0.05, 0.1) is 4.92 Å². The first-order valence-electron chi connectivity index (χ1n) is 8.66. The van der Waals surface area contributed by atoms with Gasteiger partial charge in [-0.3, -0.25) is 10.1 Å². The maximum absolute atomic E-state index is 11.0. The van der Waals surface area contributed by atoms with Gasteiger partial charge in [0.15, 0.2) is 5.75 Å². The highest BCUT2D eigenvalue weighted by molar-refractivity contribution is 5.70. The largest absolute Gasteiger partial charge is 0.502 e. The average Bonchev–Trinajstić information content (AvgIpc) is 3.17. The summed E-state index contributed by atoms with van der Waals surface area (Å²) in [4.78, 5) is 21.6. The molecule has 0 unspecified atom stereocenters. The van der Waals surface area contributed by atoms with Crippen LogP contribution in [0.25, 0.3) is 6.08 Å². The Labute approximate surface area is 150 Å². The van der Waals surface area contributed by atoms with E-state index in [1.807, 2.05) is 6.08 Å². The Hall–Kier alpha value is -3.16. The minimum Gasteiger partial charge on any atom is -0.502 e. The lowest BCUT2D eigenvalue weighted by atomic mass is 10.1. The number of nitro groups is 1. The van der Waals surface area contributed by atoms with E-state index in [0.717, 1.165) is 17.9 Å². The normalized spacial score (nSPS) is 16.5. The number of nitrogens with one attached hydrogen (secondary N) is 1. The molecule has 0 bridgehead atoms. The molecule has 1 fully saturated rings. The van der Waals surface area contributed by atoms with Gasteiger partial charge in [-0.15, -0.1) is 0 Å². The second kappa shape index (κ2) is 6.62. The summed E-state index contributed by atoms with van der Waals surface area (Å²) in [5, 5.41) is 23.5. The molecule has 2 heterocycles. The lowest BCUT2D eigenvalue weighted by molar-refractivity contribution is -0.385.